The lowest BCUT2D eigenvalue weighted by atomic mass is 9.88. The molecule has 1 amide bonds. The van der Waals surface area contributed by atoms with Crippen molar-refractivity contribution >= 4 is 11.9 Å². The molecule has 6 heteroatoms. The molecule has 29 heavy (non-hydrogen) atoms. The lowest BCUT2D eigenvalue weighted by Gasteiger charge is -2.32. The first kappa shape index (κ1) is 18.9. The van der Waals surface area contributed by atoms with Crippen molar-refractivity contribution in [3.8, 4) is 5.69 Å². The Morgan fingerprint density at radius 1 is 1.00 bits per heavy atom. The third kappa shape index (κ3) is 4.21. The fourth-order valence-corrected chi connectivity index (χ4v) is 3.92. The van der Waals surface area contributed by atoms with Gasteiger partial charge in [0.2, 0.25) is 0 Å². The molecule has 1 aliphatic heterocycles. The second-order valence-electron chi connectivity index (χ2n) is 7.40. The summed E-state index contributed by atoms with van der Waals surface area (Å²) < 4.78 is 1.76. The molecule has 1 saturated heterocycles. The van der Waals surface area contributed by atoms with Crippen LogP contribution in [-0.2, 0) is 6.42 Å². The van der Waals surface area contributed by atoms with Gasteiger partial charge in [0.05, 0.1) is 11.3 Å². The average Bonchev–Trinajstić information content (AvgIpc) is 3.29. The predicted octanol–water partition coefficient (Wildman–Crippen LogP) is 3.67. The molecule has 0 saturated carbocycles. The van der Waals surface area contributed by atoms with Crippen LogP contribution in [0.3, 0.4) is 0 Å². The molecule has 0 radical (unpaired) electrons. The van der Waals surface area contributed by atoms with Crippen molar-refractivity contribution in [1.82, 2.24) is 14.7 Å². The van der Waals surface area contributed by atoms with Crippen LogP contribution in [0.4, 0.5) is 0 Å². The van der Waals surface area contributed by atoms with E-state index >= 15 is 0 Å². The fourth-order valence-electron chi connectivity index (χ4n) is 3.92. The van der Waals surface area contributed by atoms with Crippen LogP contribution in [0.15, 0.2) is 67.0 Å². The lowest BCUT2D eigenvalue weighted by Crippen LogP contribution is -2.39. The van der Waals surface area contributed by atoms with E-state index in [9.17, 15) is 14.7 Å². The van der Waals surface area contributed by atoms with Crippen LogP contribution in [0.1, 0.15) is 39.1 Å². The highest BCUT2D eigenvalue weighted by Gasteiger charge is 2.25. The van der Waals surface area contributed by atoms with Gasteiger partial charge in [-0.3, -0.25) is 4.79 Å². The predicted molar refractivity (Wildman–Crippen MR) is 109 cm³/mol. The third-order valence-electron chi connectivity index (χ3n) is 5.54. The van der Waals surface area contributed by atoms with Gasteiger partial charge in [0.1, 0.15) is 0 Å². The number of hydrogen-bond donors (Lipinski definition) is 1. The topological polar surface area (TPSA) is 75.4 Å². The zero-order chi connectivity index (χ0) is 20.2. The van der Waals surface area contributed by atoms with E-state index in [0.717, 1.165) is 30.5 Å². The van der Waals surface area contributed by atoms with E-state index in [1.54, 1.807) is 23.0 Å². The summed E-state index contributed by atoms with van der Waals surface area (Å²) in [6.45, 7) is 1.39. The molecule has 0 unspecified atom stereocenters. The quantitative estimate of drug-likeness (QED) is 0.722. The molecular formula is C23H23N3O3. The number of nitrogens with zero attached hydrogens (tertiary/aromatic N) is 3. The van der Waals surface area contributed by atoms with E-state index in [4.69, 9.17) is 0 Å². The van der Waals surface area contributed by atoms with Crippen LogP contribution in [0.5, 0.6) is 0 Å². The van der Waals surface area contributed by atoms with E-state index in [1.807, 2.05) is 53.6 Å². The first-order valence-corrected chi connectivity index (χ1v) is 9.82. The van der Waals surface area contributed by atoms with Gasteiger partial charge in [-0.15, -0.1) is 0 Å². The molecule has 148 valence electrons. The van der Waals surface area contributed by atoms with E-state index in [-0.39, 0.29) is 5.91 Å². The van der Waals surface area contributed by atoms with E-state index in [0.29, 0.717) is 30.1 Å². The number of piperidine rings is 1. The highest BCUT2D eigenvalue weighted by Crippen LogP contribution is 2.24. The molecule has 4 rings (SSSR count). The molecule has 1 aromatic heterocycles. The number of hydrogen-bond acceptors (Lipinski definition) is 3. The Morgan fingerprint density at radius 2 is 1.72 bits per heavy atom. The zero-order valence-corrected chi connectivity index (χ0v) is 16.1. The first-order valence-electron chi connectivity index (χ1n) is 9.82. The molecule has 2 heterocycles. The maximum Gasteiger partial charge on any atom is 0.335 e. The lowest BCUT2D eigenvalue weighted by molar-refractivity contribution is 0.0690. The van der Waals surface area contributed by atoms with Gasteiger partial charge in [0, 0.05) is 31.0 Å². The maximum atomic E-state index is 12.8. The van der Waals surface area contributed by atoms with Crippen molar-refractivity contribution in [3.05, 3.63) is 83.7 Å². The van der Waals surface area contributed by atoms with E-state index in [1.165, 1.54) is 0 Å². The minimum absolute atomic E-state index is 0.0430. The number of rotatable bonds is 5. The Hall–Kier alpha value is -3.41. The normalized spacial score (nSPS) is 14.7. The molecule has 0 aliphatic carbocycles. The van der Waals surface area contributed by atoms with Gasteiger partial charge in [0.15, 0.2) is 0 Å². The number of aromatic nitrogens is 2. The third-order valence-corrected chi connectivity index (χ3v) is 5.54. The van der Waals surface area contributed by atoms with Crippen LogP contribution >= 0.6 is 0 Å². The number of likely N-dealkylation sites (tertiary alicyclic amines) is 1. The number of carboxylic acid groups (broad SMARTS) is 1. The number of carbonyl (C=O) groups excluding carboxylic acids is 1. The van der Waals surface area contributed by atoms with Gasteiger partial charge in [-0.1, -0.05) is 18.2 Å². The van der Waals surface area contributed by atoms with Gasteiger partial charge in [-0.05, 0) is 67.1 Å². The second-order valence-corrected chi connectivity index (χ2v) is 7.40. The molecule has 0 bridgehead atoms. The Morgan fingerprint density at radius 3 is 2.38 bits per heavy atom. The summed E-state index contributed by atoms with van der Waals surface area (Å²) in [5.74, 6) is -0.449. The Labute approximate surface area is 169 Å². The van der Waals surface area contributed by atoms with Crippen LogP contribution in [0.2, 0.25) is 0 Å². The van der Waals surface area contributed by atoms with Crippen molar-refractivity contribution in [1.29, 1.82) is 0 Å². The molecular weight excluding hydrogens is 366 g/mol. The summed E-state index contributed by atoms with van der Waals surface area (Å²) >= 11 is 0. The van der Waals surface area contributed by atoms with Gasteiger partial charge in [-0.25, -0.2) is 9.48 Å². The summed E-state index contributed by atoms with van der Waals surface area (Å²) in [4.78, 5) is 26.1. The Bertz CT molecular complexity index is 988. The summed E-state index contributed by atoms with van der Waals surface area (Å²) in [5.41, 5.74) is 2.85. The fraction of sp³-hybridized carbons (Fsp3) is 0.261. The average molecular weight is 389 g/mol. The van der Waals surface area contributed by atoms with Gasteiger partial charge >= 0.3 is 5.97 Å². The Kier molecular flexibility index (Phi) is 5.42. The van der Waals surface area contributed by atoms with Crippen molar-refractivity contribution in [2.24, 2.45) is 5.92 Å². The van der Waals surface area contributed by atoms with Gasteiger partial charge < -0.3 is 10.0 Å². The van der Waals surface area contributed by atoms with Gasteiger partial charge in [0.25, 0.3) is 5.91 Å². The summed E-state index contributed by atoms with van der Waals surface area (Å²) in [6, 6.07) is 16.5. The molecule has 3 aromatic rings. The minimum atomic E-state index is -0.883. The van der Waals surface area contributed by atoms with Crippen molar-refractivity contribution < 1.29 is 14.7 Å². The molecule has 6 nitrogen and oxygen atoms in total. The maximum absolute atomic E-state index is 12.8. The van der Waals surface area contributed by atoms with Gasteiger partial charge in [-0.2, -0.15) is 5.10 Å². The molecule has 1 aliphatic rings. The summed E-state index contributed by atoms with van der Waals surface area (Å²) in [6.07, 6.45) is 6.08. The highest BCUT2D eigenvalue weighted by atomic mass is 16.4. The Balaban J connectivity index is 1.36. The largest absolute Gasteiger partial charge is 0.478 e. The number of benzene rings is 2. The van der Waals surface area contributed by atoms with Crippen LogP contribution < -0.4 is 0 Å². The first-order chi connectivity index (χ1) is 14.1. The SMILES string of the molecule is O=C(O)c1ccccc1CC1CCN(C(=O)c2ccc(-n3cccn3)cc2)CC1. The molecule has 0 spiro atoms. The molecule has 0 atom stereocenters. The standard InChI is InChI=1S/C23H23N3O3/c27-22(18-6-8-20(9-7-18)26-13-3-12-24-26)25-14-10-17(11-15-25)16-19-4-1-2-5-21(19)23(28)29/h1-9,12-13,17H,10-11,14-16H2,(H,28,29). The summed E-state index contributed by atoms with van der Waals surface area (Å²) in [7, 11) is 0. The zero-order valence-electron chi connectivity index (χ0n) is 16.1. The highest BCUT2D eigenvalue weighted by molar-refractivity contribution is 5.94. The number of carboxylic acids is 1. The van der Waals surface area contributed by atoms with Crippen molar-refractivity contribution in [3.63, 3.8) is 0 Å². The number of aromatic carboxylic acids is 1. The van der Waals surface area contributed by atoms with Crippen molar-refractivity contribution in [2.45, 2.75) is 19.3 Å². The van der Waals surface area contributed by atoms with Crippen LogP contribution in [0.25, 0.3) is 5.69 Å². The van der Waals surface area contributed by atoms with Crippen LogP contribution in [-0.4, -0.2) is 44.8 Å². The molecule has 1 fully saturated rings. The van der Waals surface area contributed by atoms with E-state index in [2.05, 4.69) is 5.10 Å². The van der Waals surface area contributed by atoms with Crippen LogP contribution in [0, 0.1) is 5.92 Å². The second kappa shape index (κ2) is 8.31. The van der Waals surface area contributed by atoms with Crippen molar-refractivity contribution in [2.75, 3.05) is 13.1 Å². The van der Waals surface area contributed by atoms with E-state index < -0.39 is 5.97 Å². The smallest absolute Gasteiger partial charge is 0.335 e. The monoisotopic (exact) mass is 389 g/mol. The summed E-state index contributed by atoms with van der Waals surface area (Å²) in [5, 5.41) is 13.6. The minimum Gasteiger partial charge on any atom is -0.478 e. The molecule has 1 N–H and O–H groups in total. The molecule has 2 aromatic carbocycles. The number of carbonyl (C=O) groups is 2. The number of amides is 1.